The van der Waals surface area contributed by atoms with Crippen LogP contribution in [0, 0.1) is 6.92 Å². The standard InChI is InChI=1S/C26H30N4O4S/c1-20-6-7-21(18-25(20)29-12-4-5-13-29)26(31)27-23-19-22(8-9-24(23)28-10-2-3-11-28)35(32,33)30-14-16-34-17-15-30/h4-9,12-13,18-19H,2-3,10-11,14-17H2,1H3,(H,27,31). The highest BCUT2D eigenvalue weighted by atomic mass is 32.2. The quantitative estimate of drug-likeness (QED) is 0.566. The molecule has 8 nitrogen and oxygen atoms in total. The van der Waals surface area contributed by atoms with E-state index in [4.69, 9.17) is 4.74 Å². The molecule has 0 unspecified atom stereocenters. The third kappa shape index (κ3) is 4.84. The summed E-state index contributed by atoms with van der Waals surface area (Å²) in [4.78, 5) is 15.7. The number of rotatable bonds is 6. The van der Waals surface area contributed by atoms with Crippen LogP contribution in [0.4, 0.5) is 11.4 Å². The van der Waals surface area contributed by atoms with Gasteiger partial charge in [0.05, 0.1) is 29.5 Å². The molecule has 0 aliphatic carbocycles. The average Bonchev–Trinajstić information content (AvgIpc) is 3.60. The lowest BCUT2D eigenvalue weighted by molar-refractivity contribution is 0.0730. The third-order valence-electron chi connectivity index (χ3n) is 6.62. The van der Waals surface area contributed by atoms with Crippen molar-refractivity contribution in [2.45, 2.75) is 24.7 Å². The Morgan fingerprint density at radius 2 is 1.63 bits per heavy atom. The first-order valence-electron chi connectivity index (χ1n) is 12.0. The van der Waals surface area contributed by atoms with Crippen molar-refractivity contribution < 1.29 is 17.9 Å². The van der Waals surface area contributed by atoms with Gasteiger partial charge in [-0.1, -0.05) is 6.07 Å². The number of benzene rings is 2. The molecule has 9 heteroatoms. The number of nitrogens with one attached hydrogen (secondary N) is 1. The molecule has 5 rings (SSSR count). The number of anilines is 2. The van der Waals surface area contributed by atoms with E-state index in [0.717, 1.165) is 42.9 Å². The lowest BCUT2D eigenvalue weighted by Gasteiger charge is -2.27. The van der Waals surface area contributed by atoms with Crippen molar-refractivity contribution in [1.82, 2.24) is 8.87 Å². The van der Waals surface area contributed by atoms with Crippen molar-refractivity contribution in [3.8, 4) is 5.69 Å². The maximum Gasteiger partial charge on any atom is 0.255 e. The minimum Gasteiger partial charge on any atom is -0.379 e. The molecule has 2 aliphatic rings. The Hall–Kier alpha value is -3.14. The van der Waals surface area contributed by atoms with Crippen LogP contribution in [0.3, 0.4) is 0 Å². The lowest BCUT2D eigenvalue weighted by atomic mass is 10.1. The molecule has 0 spiro atoms. The summed E-state index contributed by atoms with van der Waals surface area (Å²) >= 11 is 0. The van der Waals surface area contributed by atoms with Gasteiger partial charge in [-0.05, 0) is 67.8 Å². The zero-order valence-corrected chi connectivity index (χ0v) is 20.6. The molecule has 2 saturated heterocycles. The zero-order valence-electron chi connectivity index (χ0n) is 19.8. The Morgan fingerprint density at radius 1 is 0.914 bits per heavy atom. The second-order valence-corrected chi connectivity index (χ2v) is 10.9. The molecule has 184 valence electrons. The SMILES string of the molecule is Cc1ccc(C(=O)Nc2cc(S(=O)(=O)N3CCOCC3)ccc2N2CCCC2)cc1-n1cccc1. The summed E-state index contributed by atoms with van der Waals surface area (Å²) in [6, 6.07) is 14.5. The van der Waals surface area contributed by atoms with Gasteiger partial charge in [-0.2, -0.15) is 4.31 Å². The lowest BCUT2D eigenvalue weighted by Crippen LogP contribution is -2.40. The summed E-state index contributed by atoms with van der Waals surface area (Å²) in [6.45, 7) is 5.16. The summed E-state index contributed by atoms with van der Waals surface area (Å²) < 4.78 is 35.3. The molecule has 3 aromatic rings. The highest BCUT2D eigenvalue weighted by Crippen LogP contribution is 2.33. The fourth-order valence-corrected chi connectivity index (χ4v) is 6.10. The Bertz CT molecular complexity index is 1310. The smallest absolute Gasteiger partial charge is 0.255 e. The van der Waals surface area contributed by atoms with E-state index in [1.54, 1.807) is 18.2 Å². The van der Waals surface area contributed by atoms with Crippen LogP contribution in [-0.4, -0.2) is 62.6 Å². The van der Waals surface area contributed by atoms with Gasteiger partial charge in [-0.3, -0.25) is 4.79 Å². The number of hydrogen-bond acceptors (Lipinski definition) is 5. The fraction of sp³-hybridized carbons (Fsp3) is 0.346. The molecule has 35 heavy (non-hydrogen) atoms. The van der Waals surface area contributed by atoms with Crippen LogP contribution in [0.25, 0.3) is 5.69 Å². The molecule has 3 heterocycles. The van der Waals surface area contributed by atoms with Crippen LogP contribution in [0.1, 0.15) is 28.8 Å². The number of aromatic nitrogens is 1. The minimum absolute atomic E-state index is 0.176. The Balaban J connectivity index is 1.48. The van der Waals surface area contributed by atoms with Crippen molar-refractivity contribution in [3.05, 3.63) is 72.1 Å². The van der Waals surface area contributed by atoms with E-state index in [-0.39, 0.29) is 10.8 Å². The first kappa shape index (κ1) is 23.6. The first-order chi connectivity index (χ1) is 16.9. The number of aryl methyl sites for hydroxylation is 1. The number of hydrogen-bond donors (Lipinski definition) is 1. The molecule has 1 N–H and O–H groups in total. The second kappa shape index (κ2) is 9.85. The van der Waals surface area contributed by atoms with Gasteiger partial charge >= 0.3 is 0 Å². The van der Waals surface area contributed by atoms with Crippen molar-refractivity contribution in [2.75, 3.05) is 49.6 Å². The number of carbonyl (C=O) groups is 1. The van der Waals surface area contributed by atoms with Gasteiger partial charge in [0.1, 0.15) is 0 Å². The molecule has 0 bridgehead atoms. The van der Waals surface area contributed by atoms with Crippen LogP contribution in [-0.2, 0) is 14.8 Å². The molecule has 0 saturated carbocycles. The second-order valence-electron chi connectivity index (χ2n) is 8.94. The van der Waals surface area contributed by atoms with Crippen molar-refractivity contribution in [2.24, 2.45) is 0 Å². The van der Waals surface area contributed by atoms with Crippen LogP contribution in [0.2, 0.25) is 0 Å². The van der Waals surface area contributed by atoms with Gasteiger partial charge in [0.2, 0.25) is 10.0 Å². The van der Waals surface area contributed by atoms with Crippen LogP contribution >= 0.6 is 0 Å². The summed E-state index contributed by atoms with van der Waals surface area (Å²) in [7, 11) is -3.69. The van der Waals surface area contributed by atoms with Gasteiger partial charge in [0, 0.05) is 49.8 Å². The molecule has 2 aromatic carbocycles. The molecule has 2 aliphatic heterocycles. The predicted molar refractivity (Wildman–Crippen MR) is 136 cm³/mol. The van der Waals surface area contributed by atoms with E-state index < -0.39 is 10.0 Å². The van der Waals surface area contributed by atoms with Crippen molar-refractivity contribution in [3.63, 3.8) is 0 Å². The minimum atomic E-state index is -3.69. The highest BCUT2D eigenvalue weighted by Gasteiger charge is 2.28. The topological polar surface area (TPSA) is 83.9 Å². The summed E-state index contributed by atoms with van der Waals surface area (Å²) in [5.74, 6) is -0.278. The van der Waals surface area contributed by atoms with E-state index >= 15 is 0 Å². The maximum absolute atomic E-state index is 13.4. The van der Waals surface area contributed by atoms with E-state index in [1.165, 1.54) is 4.31 Å². The van der Waals surface area contributed by atoms with Gasteiger partial charge in [-0.25, -0.2) is 8.42 Å². The summed E-state index contributed by atoms with van der Waals surface area (Å²) in [6.07, 6.45) is 6.02. The normalized spacial score (nSPS) is 17.0. The highest BCUT2D eigenvalue weighted by molar-refractivity contribution is 7.89. The Morgan fingerprint density at radius 3 is 2.34 bits per heavy atom. The molecule has 2 fully saturated rings. The average molecular weight is 495 g/mol. The summed E-state index contributed by atoms with van der Waals surface area (Å²) in [5.41, 5.74) is 3.83. The molecule has 1 amide bonds. The number of amides is 1. The van der Waals surface area contributed by atoms with Gasteiger partial charge in [-0.15, -0.1) is 0 Å². The molecular formula is C26H30N4O4S. The van der Waals surface area contributed by atoms with Gasteiger partial charge in [0.15, 0.2) is 0 Å². The maximum atomic E-state index is 13.4. The molecular weight excluding hydrogens is 464 g/mol. The fourth-order valence-electron chi connectivity index (χ4n) is 4.66. The number of morpholine rings is 1. The Kier molecular flexibility index (Phi) is 6.64. The first-order valence-corrected chi connectivity index (χ1v) is 13.4. The van der Waals surface area contributed by atoms with E-state index in [0.29, 0.717) is 37.6 Å². The molecule has 0 atom stereocenters. The summed E-state index contributed by atoms with van der Waals surface area (Å²) in [5, 5.41) is 3.01. The Labute approximate surface area is 206 Å². The third-order valence-corrected chi connectivity index (χ3v) is 8.52. The number of carbonyl (C=O) groups excluding carboxylic acids is 1. The van der Waals surface area contributed by atoms with Gasteiger partial charge in [0.25, 0.3) is 5.91 Å². The van der Waals surface area contributed by atoms with E-state index in [9.17, 15) is 13.2 Å². The van der Waals surface area contributed by atoms with Crippen LogP contribution in [0.15, 0.2) is 65.8 Å². The zero-order chi connectivity index (χ0) is 24.4. The van der Waals surface area contributed by atoms with Crippen LogP contribution in [0.5, 0.6) is 0 Å². The monoisotopic (exact) mass is 494 g/mol. The molecule has 0 radical (unpaired) electrons. The van der Waals surface area contributed by atoms with Crippen molar-refractivity contribution >= 4 is 27.3 Å². The predicted octanol–water partition coefficient (Wildman–Crippen LogP) is 3.66. The molecule has 1 aromatic heterocycles. The van der Waals surface area contributed by atoms with E-state index in [1.807, 2.05) is 54.2 Å². The van der Waals surface area contributed by atoms with E-state index in [2.05, 4.69) is 10.2 Å². The number of sulfonamides is 1. The number of ether oxygens (including phenoxy) is 1. The van der Waals surface area contributed by atoms with Gasteiger partial charge < -0.3 is 19.5 Å². The largest absolute Gasteiger partial charge is 0.379 e. The van der Waals surface area contributed by atoms with Crippen molar-refractivity contribution in [1.29, 1.82) is 0 Å². The van der Waals surface area contributed by atoms with Crippen LogP contribution < -0.4 is 10.2 Å². The number of nitrogens with zero attached hydrogens (tertiary/aromatic N) is 3.